The van der Waals surface area contributed by atoms with Gasteiger partial charge in [-0.25, -0.2) is 4.79 Å². The normalized spacial score (nSPS) is 21.1. The van der Waals surface area contributed by atoms with Crippen LogP contribution in [0.2, 0.25) is 0 Å². The van der Waals surface area contributed by atoms with E-state index in [1.165, 1.54) is 0 Å². The number of ketones is 1. The molecule has 40 heavy (non-hydrogen) atoms. The van der Waals surface area contributed by atoms with Gasteiger partial charge in [0.05, 0.1) is 39.9 Å². The SMILES string of the molecule is COc1ccc(C2C(C(=O)OC3CCCC3)=C(C)NC3=C2C(=O)CC(c2ccc(OC)c(OC)c2)C3)c(OC)c1. The van der Waals surface area contributed by atoms with E-state index in [9.17, 15) is 9.59 Å². The maximum Gasteiger partial charge on any atom is 0.337 e. The molecule has 1 saturated carbocycles. The summed E-state index contributed by atoms with van der Waals surface area (Å²) in [6, 6.07) is 11.3. The minimum absolute atomic E-state index is 0.0185. The average molecular weight is 548 g/mol. The summed E-state index contributed by atoms with van der Waals surface area (Å²) in [6.45, 7) is 1.88. The zero-order chi connectivity index (χ0) is 28.4. The summed E-state index contributed by atoms with van der Waals surface area (Å²) < 4.78 is 28.1. The van der Waals surface area contributed by atoms with Crippen LogP contribution in [0.3, 0.4) is 0 Å². The monoisotopic (exact) mass is 547 g/mol. The Kier molecular flexibility index (Phi) is 8.05. The number of esters is 1. The van der Waals surface area contributed by atoms with Gasteiger partial charge in [0.15, 0.2) is 17.3 Å². The summed E-state index contributed by atoms with van der Waals surface area (Å²) >= 11 is 0. The third-order valence-electron chi connectivity index (χ3n) is 8.25. The standard InChI is InChI=1S/C32H37NO7/c1-18-29(32(35)40-21-8-6-7-9-21)30(23-12-11-22(36-2)17-27(23)38-4)31-24(33-18)14-20(15-25(31)34)19-10-13-26(37-3)28(16-19)39-5/h10-13,16-17,20-21,30,33H,6-9,14-15H2,1-5H3. The Balaban J connectivity index is 1.57. The van der Waals surface area contributed by atoms with Crippen LogP contribution < -0.4 is 24.3 Å². The lowest BCUT2D eigenvalue weighted by atomic mass is 9.71. The molecular weight excluding hydrogens is 510 g/mol. The van der Waals surface area contributed by atoms with E-state index in [1.54, 1.807) is 34.5 Å². The van der Waals surface area contributed by atoms with Crippen molar-refractivity contribution in [3.8, 4) is 23.0 Å². The highest BCUT2D eigenvalue weighted by atomic mass is 16.5. The Bertz CT molecular complexity index is 1370. The second kappa shape index (κ2) is 11.7. The van der Waals surface area contributed by atoms with Gasteiger partial charge in [-0.1, -0.05) is 12.1 Å². The number of carbonyl (C=O) groups excluding carboxylic acids is 2. The topological polar surface area (TPSA) is 92.3 Å². The Labute approximate surface area is 235 Å². The molecule has 0 amide bonds. The summed E-state index contributed by atoms with van der Waals surface area (Å²) in [6.07, 6.45) is 4.63. The molecule has 1 fully saturated rings. The summed E-state index contributed by atoms with van der Waals surface area (Å²) in [4.78, 5) is 27.7. The fraction of sp³-hybridized carbons (Fsp3) is 0.438. The highest BCUT2D eigenvalue weighted by Crippen LogP contribution is 2.49. The number of benzene rings is 2. The van der Waals surface area contributed by atoms with E-state index in [0.717, 1.165) is 42.5 Å². The first-order chi connectivity index (χ1) is 19.4. The molecule has 3 aliphatic rings. The first kappa shape index (κ1) is 27.6. The number of carbonyl (C=O) groups is 2. The third-order valence-corrected chi connectivity index (χ3v) is 8.25. The van der Waals surface area contributed by atoms with Gasteiger partial charge in [-0.3, -0.25) is 4.79 Å². The van der Waals surface area contributed by atoms with Crippen molar-refractivity contribution in [2.75, 3.05) is 28.4 Å². The smallest absolute Gasteiger partial charge is 0.337 e. The maximum atomic E-state index is 14.0. The van der Waals surface area contributed by atoms with Gasteiger partial charge in [-0.05, 0) is 68.7 Å². The number of methoxy groups -OCH3 is 4. The summed E-state index contributed by atoms with van der Waals surface area (Å²) in [5.41, 5.74) is 4.26. The quantitative estimate of drug-likeness (QED) is 0.429. The van der Waals surface area contributed by atoms with Gasteiger partial charge in [-0.15, -0.1) is 0 Å². The van der Waals surface area contributed by atoms with Crippen molar-refractivity contribution in [1.29, 1.82) is 0 Å². The minimum atomic E-state index is -0.620. The molecular formula is C32H37NO7. The number of dihydropyridines is 1. The van der Waals surface area contributed by atoms with Crippen molar-refractivity contribution < 1.29 is 33.3 Å². The molecule has 212 valence electrons. The molecule has 0 bridgehead atoms. The van der Waals surface area contributed by atoms with E-state index in [2.05, 4.69) is 5.32 Å². The molecule has 2 aromatic carbocycles. The van der Waals surface area contributed by atoms with Crippen LogP contribution in [0.5, 0.6) is 23.0 Å². The van der Waals surface area contributed by atoms with Gasteiger partial charge < -0.3 is 29.0 Å². The van der Waals surface area contributed by atoms with Crippen molar-refractivity contribution in [1.82, 2.24) is 5.32 Å². The average Bonchev–Trinajstić information content (AvgIpc) is 3.48. The number of rotatable bonds is 8. The number of hydrogen-bond acceptors (Lipinski definition) is 8. The Morgan fingerprint density at radius 3 is 2.25 bits per heavy atom. The van der Waals surface area contributed by atoms with Crippen molar-refractivity contribution in [3.05, 3.63) is 70.1 Å². The van der Waals surface area contributed by atoms with E-state index in [1.807, 2.05) is 37.3 Å². The van der Waals surface area contributed by atoms with Crippen LogP contribution in [0.15, 0.2) is 58.9 Å². The molecule has 8 heteroatoms. The number of hydrogen-bond donors (Lipinski definition) is 1. The van der Waals surface area contributed by atoms with Crippen molar-refractivity contribution in [2.24, 2.45) is 0 Å². The van der Waals surface area contributed by atoms with Crippen LogP contribution in [0.1, 0.15) is 68.4 Å². The lowest BCUT2D eigenvalue weighted by molar-refractivity contribution is -0.144. The van der Waals surface area contributed by atoms with Gasteiger partial charge in [-0.2, -0.15) is 0 Å². The van der Waals surface area contributed by atoms with E-state index in [-0.39, 0.29) is 23.8 Å². The molecule has 0 radical (unpaired) electrons. The van der Waals surface area contributed by atoms with E-state index in [0.29, 0.717) is 52.7 Å². The predicted octanol–water partition coefficient (Wildman–Crippen LogP) is 5.57. The molecule has 5 rings (SSSR count). The van der Waals surface area contributed by atoms with Crippen LogP contribution in [-0.4, -0.2) is 46.3 Å². The molecule has 0 aromatic heterocycles. The molecule has 1 N–H and O–H groups in total. The largest absolute Gasteiger partial charge is 0.497 e. The summed E-state index contributed by atoms with van der Waals surface area (Å²) in [5, 5.41) is 3.43. The fourth-order valence-electron chi connectivity index (χ4n) is 6.24. The van der Waals surface area contributed by atoms with Gasteiger partial charge in [0.25, 0.3) is 0 Å². The van der Waals surface area contributed by atoms with E-state index < -0.39 is 5.92 Å². The summed E-state index contributed by atoms with van der Waals surface area (Å²) in [5.74, 6) is 1.35. The molecule has 8 nitrogen and oxygen atoms in total. The molecule has 2 aromatic rings. The van der Waals surface area contributed by atoms with Gasteiger partial charge >= 0.3 is 5.97 Å². The number of ether oxygens (including phenoxy) is 5. The van der Waals surface area contributed by atoms with Crippen molar-refractivity contribution in [2.45, 2.75) is 63.4 Å². The zero-order valence-corrected chi connectivity index (χ0v) is 23.8. The predicted molar refractivity (Wildman–Crippen MR) is 150 cm³/mol. The molecule has 1 heterocycles. The van der Waals surface area contributed by atoms with Crippen LogP contribution in [0, 0.1) is 0 Å². The first-order valence-electron chi connectivity index (χ1n) is 13.8. The Hall–Kier alpha value is -3.94. The summed E-state index contributed by atoms with van der Waals surface area (Å²) in [7, 11) is 6.37. The van der Waals surface area contributed by atoms with Crippen LogP contribution >= 0.6 is 0 Å². The highest BCUT2D eigenvalue weighted by Gasteiger charge is 2.43. The molecule has 0 saturated heterocycles. The Morgan fingerprint density at radius 2 is 1.57 bits per heavy atom. The Morgan fingerprint density at radius 1 is 0.850 bits per heavy atom. The fourth-order valence-corrected chi connectivity index (χ4v) is 6.24. The lowest BCUT2D eigenvalue weighted by Gasteiger charge is -2.37. The zero-order valence-electron chi connectivity index (χ0n) is 23.8. The lowest BCUT2D eigenvalue weighted by Crippen LogP contribution is -2.36. The van der Waals surface area contributed by atoms with Crippen LogP contribution in [0.4, 0.5) is 0 Å². The van der Waals surface area contributed by atoms with Gasteiger partial charge in [0, 0.05) is 35.0 Å². The molecule has 2 unspecified atom stereocenters. The molecule has 0 spiro atoms. The second-order valence-electron chi connectivity index (χ2n) is 10.6. The maximum absolute atomic E-state index is 14.0. The van der Waals surface area contributed by atoms with E-state index >= 15 is 0 Å². The minimum Gasteiger partial charge on any atom is -0.497 e. The number of nitrogens with one attached hydrogen (secondary N) is 1. The number of Topliss-reactive ketones (excluding diaryl/α,β-unsaturated/α-hetero) is 1. The number of allylic oxidation sites excluding steroid dienone is 3. The van der Waals surface area contributed by atoms with Crippen molar-refractivity contribution >= 4 is 11.8 Å². The molecule has 1 aliphatic heterocycles. The van der Waals surface area contributed by atoms with Crippen LogP contribution in [0.25, 0.3) is 0 Å². The first-order valence-corrected chi connectivity index (χ1v) is 13.8. The third kappa shape index (κ3) is 5.15. The highest BCUT2D eigenvalue weighted by molar-refractivity contribution is 6.04. The molecule has 2 atom stereocenters. The second-order valence-corrected chi connectivity index (χ2v) is 10.6. The van der Waals surface area contributed by atoms with Crippen LogP contribution in [-0.2, 0) is 14.3 Å². The van der Waals surface area contributed by atoms with Crippen molar-refractivity contribution in [3.63, 3.8) is 0 Å². The van der Waals surface area contributed by atoms with Gasteiger partial charge in [0.1, 0.15) is 17.6 Å². The van der Waals surface area contributed by atoms with Gasteiger partial charge in [0.2, 0.25) is 0 Å². The van der Waals surface area contributed by atoms with E-state index in [4.69, 9.17) is 23.7 Å². The molecule has 2 aliphatic carbocycles.